The molecule has 6 nitrogen and oxygen atoms in total. The number of carbonyl (C=O) groups is 2. The van der Waals surface area contributed by atoms with E-state index in [1.54, 1.807) is 0 Å². The van der Waals surface area contributed by atoms with Crippen molar-refractivity contribution in [3.8, 4) is 0 Å². The summed E-state index contributed by atoms with van der Waals surface area (Å²) in [7, 11) is 0. The Morgan fingerprint density at radius 2 is 2.32 bits per heavy atom. The van der Waals surface area contributed by atoms with Gasteiger partial charge in [-0.2, -0.15) is 0 Å². The van der Waals surface area contributed by atoms with Gasteiger partial charge in [-0.15, -0.1) is 11.3 Å². The number of urea groups is 1. The van der Waals surface area contributed by atoms with E-state index in [0.29, 0.717) is 17.5 Å². The summed E-state index contributed by atoms with van der Waals surface area (Å²) in [6.45, 7) is 1.84. The van der Waals surface area contributed by atoms with Gasteiger partial charge in [0.15, 0.2) is 5.13 Å². The number of carbonyl (C=O) groups excluding carboxylic acids is 1. The van der Waals surface area contributed by atoms with Crippen molar-refractivity contribution in [1.29, 1.82) is 0 Å². The number of rotatable bonds is 6. The third-order valence-corrected chi connectivity index (χ3v) is 3.76. The van der Waals surface area contributed by atoms with Crippen molar-refractivity contribution in [3.63, 3.8) is 0 Å². The van der Waals surface area contributed by atoms with Gasteiger partial charge in [-0.1, -0.05) is 6.92 Å². The van der Waals surface area contributed by atoms with Gasteiger partial charge in [0.25, 0.3) is 0 Å². The monoisotopic (exact) mass is 283 g/mol. The predicted octanol–water partition coefficient (Wildman–Crippen LogP) is 2.40. The number of carboxylic acids is 1. The van der Waals surface area contributed by atoms with E-state index < -0.39 is 12.0 Å². The average molecular weight is 283 g/mol. The predicted molar refractivity (Wildman–Crippen MR) is 72.6 cm³/mol. The van der Waals surface area contributed by atoms with Gasteiger partial charge in [0.1, 0.15) is 0 Å². The molecule has 3 N–H and O–H groups in total. The molecule has 0 saturated heterocycles. The summed E-state index contributed by atoms with van der Waals surface area (Å²) >= 11 is 1.40. The molecule has 1 fully saturated rings. The van der Waals surface area contributed by atoms with E-state index in [4.69, 9.17) is 5.11 Å². The van der Waals surface area contributed by atoms with Crippen LogP contribution in [0.1, 0.15) is 44.2 Å². The molecule has 1 unspecified atom stereocenters. The number of aromatic nitrogens is 1. The Morgan fingerprint density at radius 3 is 2.89 bits per heavy atom. The van der Waals surface area contributed by atoms with Gasteiger partial charge in [-0.25, -0.2) is 9.78 Å². The SMILES string of the molecule is CCC(CC(=O)O)NC(=O)Nc1nc(C2CC2)cs1. The third-order valence-electron chi connectivity index (χ3n) is 2.99. The number of nitrogens with zero attached hydrogens (tertiary/aromatic N) is 1. The van der Waals surface area contributed by atoms with Crippen LogP contribution in [0, 0.1) is 0 Å². The first kappa shape index (κ1) is 13.8. The minimum Gasteiger partial charge on any atom is -0.481 e. The number of aliphatic carboxylic acids is 1. The van der Waals surface area contributed by atoms with E-state index in [1.165, 1.54) is 24.2 Å². The Labute approximate surface area is 115 Å². The molecule has 2 amide bonds. The number of anilines is 1. The van der Waals surface area contributed by atoms with E-state index >= 15 is 0 Å². The molecule has 1 aliphatic rings. The largest absolute Gasteiger partial charge is 0.481 e. The first-order chi connectivity index (χ1) is 9.08. The van der Waals surface area contributed by atoms with E-state index in [2.05, 4.69) is 15.6 Å². The van der Waals surface area contributed by atoms with Gasteiger partial charge in [0.05, 0.1) is 12.1 Å². The van der Waals surface area contributed by atoms with E-state index in [-0.39, 0.29) is 12.5 Å². The molecule has 1 aliphatic carbocycles. The third kappa shape index (κ3) is 4.20. The van der Waals surface area contributed by atoms with Crippen molar-refractivity contribution in [3.05, 3.63) is 11.1 Å². The summed E-state index contributed by atoms with van der Waals surface area (Å²) in [5.41, 5.74) is 1.04. The molecule has 2 rings (SSSR count). The van der Waals surface area contributed by atoms with Crippen LogP contribution in [0.5, 0.6) is 0 Å². The van der Waals surface area contributed by atoms with Crippen LogP contribution < -0.4 is 10.6 Å². The lowest BCUT2D eigenvalue weighted by molar-refractivity contribution is -0.137. The first-order valence-electron chi connectivity index (χ1n) is 6.33. The highest BCUT2D eigenvalue weighted by molar-refractivity contribution is 7.13. The second kappa shape index (κ2) is 6.01. The van der Waals surface area contributed by atoms with Gasteiger partial charge < -0.3 is 10.4 Å². The van der Waals surface area contributed by atoms with Crippen molar-refractivity contribution < 1.29 is 14.7 Å². The van der Waals surface area contributed by atoms with Crippen molar-refractivity contribution in [2.24, 2.45) is 0 Å². The molecule has 1 atom stereocenters. The summed E-state index contributed by atoms with van der Waals surface area (Å²) < 4.78 is 0. The van der Waals surface area contributed by atoms with E-state index in [1.807, 2.05) is 12.3 Å². The van der Waals surface area contributed by atoms with Crippen LogP contribution in [0.2, 0.25) is 0 Å². The molecule has 0 bridgehead atoms. The molecule has 19 heavy (non-hydrogen) atoms. The first-order valence-corrected chi connectivity index (χ1v) is 7.21. The Kier molecular flexibility index (Phi) is 4.36. The molecule has 0 aliphatic heterocycles. The maximum absolute atomic E-state index is 11.7. The zero-order valence-corrected chi connectivity index (χ0v) is 11.5. The van der Waals surface area contributed by atoms with Crippen molar-refractivity contribution in [2.75, 3.05) is 5.32 Å². The molecule has 7 heteroatoms. The Balaban J connectivity index is 1.83. The number of amides is 2. The second-order valence-electron chi connectivity index (χ2n) is 4.65. The zero-order valence-electron chi connectivity index (χ0n) is 10.7. The summed E-state index contributed by atoms with van der Waals surface area (Å²) in [6.07, 6.45) is 2.85. The Bertz CT molecular complexity index is 471. The standard InChI is InChI=1S/C12H17N3O3S/c1-2-8(5-10(16)17)13-11(18)15-12-14-9(6-19-12)7-3-4-7/h6-8H,2-5H2,1H3,(H,16,17)(H2,13,14,15,18). The van der Waals surface area contributed by atoms with Crippen molar-refractivity contribution >= 4 is 28.5 Å². The normalized spacial score (nSPS) is 15.8. The van der Waals surface area contributed by atoms with Crippen LogP contribution in [-0.2, 0) is 4.79 Å². The van der Waals surface area contributed by atoms with Crippen LogP contribution in [0.15, 0.2) is 5.38 Å². The van der Waals surface area contributed by atoms with Gasteiger partial charge in [0, 0.05) is 17.3 Å². The molecular weight excluding hydrogens is 266 g/mol. The van der Waals surface area contributed by atoms with Crippen LogP contribution in [0.25, 0.3) is 0 Å². The topological polar surface area (TPSA) is 91.3 Å². The highest BCUT2D eigenvalue weighted by atomic mass is 32.1. The van der Waals surface area contributed by atoms with Crippen molar-refractivity contribution in [1.82, 2.24) is 10.3 Å². The molecule has 1 saturated carbocycles. The maximum Gasteiger partial charge on any atom is 0.321 e. The summed E-state index contributed by atoms with van der Waals surface area (Å²) in [5.74, 6) is -0.359. The highest BCUT2D eigenvalue weighted by Crippen LogP contribution is 2.40. The molecule has 0 aromatic carbocycles. The number of hydrogen-bond donors (Lipinski definition) is 3. The van der Waals surface area contributed by atoms with Gasteiger partial charge in [0.2, 0.25) is 0 Å². The fourth-order valence-electron chi connectivity index (χ4n) is 1.74. The summed E-state index contributed by atoms with van der Waals surface area (Å²) in [6, 6.07) is -0.759. The second-order valence-corrected chi connectivity index (χ2v) is 5.51. The number of hydrogen-bond acceptors (Lipinski definition) is 4. The fraction of sp³-hybridized carbons (Fsp3) is 0.583. The maximum atomic E-state index is 11.7. The van der Waals surface area contributed by atoms with Crippen LogP contribution in [0.4, 0.5) is 9.93 Å². The van der Waals surface area contributed by atoms with Crippen LogP contribution in [-0.4, -0.2) is 28.1 Å². The van der Waals surface area contributed by atoms with Crippen molar-refractivity contribution in [2.45, 2.75) is 44.6 Å². The van der Waals surface area contributed by atoms with Crippen LogP contribution >= 0.6 is 11.3 Å². The Morgan fingerprint density at radius 1 is 1.58 bits per heavy atom. The summed E-state index contributed by atoms with van der Waals surface area (Å²) in [5, 5.41) is 16.5. The lowest BCUT2D eigenvalue weighted by Gasteiger charge is -2.14. The minimum absolute atomic E-state index is 0.0743. The quantitative estimate of drug-likeness (QED) is 0.747. The highest BCUT2D eigenvalue weighted by Gasteiger charge is 2.26. The zero-order chi connectivity index (χ0) is 13.8. The molecule has 0 spiro atoms. The number of nitrogens with one attached hydrogen (secondary N) is 2. The molecule has 1 heterocycles. The molecule has 1 aromatic heterocycles. The number of thiazole rings is 1. The lowest BCUT2D eigenvalue weighted by Crippen LogP contribution is -2.38. The van der Waals surface area contributed by atoms with E-state index in [9.17, 15) is 9.59 Å². The molecule has 1 aromatic rings. The number of carboxylic acid groups (broad SMARTS) is 1. The molecular formula is C12H17N3O3S. The average Bonchev–Trinajstić information content (AvgIpc) is 3.09. The van der Waals surface area contributed by atoms with Gasteiger partial charge >= 0.3 is 12.0 Å². The molecule has 0 radical (unpaired) electrons. The van der Waals surface area contributed by atoms with Crippen LogP contribution in [0.3, 0.4) is 0 Å². The summed E-state index contributed by atoms with van der Waals surface area (Å²) in [4.78, 5) is 26.7. The molecule has 104 valence electrons. The Hall–Kier alpha value is -1.63. The van der Waals surface area contributed by atoms with Gasteiger partial charge in [-0.05, 0) is 19.3 Å². The fourth-order valence-corrected chi connectivity index (χ4v) is 2.52. The minimum atomic E-state index is -0.919. The van der Waals surface area contributed by atoms with Gasteiger partial charge in [-0.3, -0.25) is 10.1 Å². The lowest BCUT2D eigenvalue weighted by atomic mass is 10.1. The smallest absolute Gasteiger partial charge is 0.321 e. The van der Waals surface area contributed by atoms with E-state index in [0.717, 1.165) is 5.69 Å².